The molecule has 0 bridgehead atoms. The molecule has 0 spiro atoms. The van der Waals surface area contributed by atoms with E-state index in [2.05, 4.69) is 16.3 Å². The van der Waals surface area contributed by atoms with Gasteiger partial charge in [0.2, 0.25) is 5.91 Å². The molecule has 0 saturated carbocycles. The summed E-state index contributed by atoms with van der Waals surface area (Å²) in [7, 11) is 0. The normalized spacial score (nSPS) is 26.0. The summed E-state index contributed by atoms with van der Waals surface area (Å²) in [5, 5.41) is 12.6. The van der Waals surface area contributed by atoms with E-state index in [9.17, 15) is 9.90 Å². The van der Waals surface area contributed by atoms with E-state index >= 15 is 0 Å². The summed E-state index contributed by atoms with van der Waals surface area (Å²) >= 11 is 0. The van der Waals surface area contributed by atoms with Crippen molar-refractivity contribution in [2.45, 2.75) is 31.9 Å². The van der Waals surface area contributed by atoms with Gasteiger partial charge in [0.1, 0.15) is 0 Å². The molecule has 0 aromatic heterocycles. The van der Waals surface area contributed by atoms with Crippen LogP contribution in [0.5, 0.6) is 0 Å². The van der Waals surface area contributed by atoms with Gasteiger partial charge in [-0.05, 0) is 37.0 Å². The van der Waals surface area contributed by atoms with Crippen molar-refractivity contribution in [1.29, 1.82) is 0 Å². The molecule has 2 saturated heterocycles. The Kier molecular flexibility index (Phi) is 5.08. The molecule has 0 unspecified atom stereocenters. The van der Waals surface area contributed by atoms with Crippen LogP contribution in [0.15, 0.2) is 24.3 Å². The number of hydrogen-bond donors (Lipinski definition) is 2. The second kappa shape index (κ2) is 7.22. The van der Waals surface area contributed by atoms with E-state index < -0.39 is 0 Å². The van der Waals surface area contributed by atoms with Crippen LogP contribution in [0.4, 0.5) is 5.69 Å². The number of benzene rings is 1. The maximum absolute atomic E-state index is 12.2. The number of amides is 1. The van der Waals surface area contributed by atoms with Crippen LogP contribution in [0.25, 0.3) is 0 Å². The Morgan fingerprint density at radius 1 is 1.41 bits per heavy atom. The van der Waals surface area contributed by atoms with Crippen LogP contribution in [0.3, 0.4) is 0 Å². The number of rotatable bonds is 4. The van der Waals surface area contributed by atoms with E-state index in [0.29, 0.717) is 6.61 Å². The lowest BCUT2D eigenvalue weighted by molar-refractivity contribution is -0.123. The van der Waals surface area contributed by atoms with Gasteiger partial charge in [-0.15, -0.1) is 0 Å². The molecule has 120 valence electrons. The molecule has 2 atom stereocenters. The summed E-state index contributed by atoms with van der Waals surface area (Å²) in [6.45, 7) is 3.76. The average Bonchev–Trinajstić information content (AvgIpc) is 2.93. The third-order valence-electron chi connectivity index (χ3n) is 4.38. The smallest absolute Gasteiger partial charge is 0.229 e. The molecular formula is C17H24N2O3. The van der Waals surface area contributed by atoms with Crippen molar-refractivity contribution in [2.24, 2.45) is 5.92 Å². The highest BCUT2D eigenvalue weighted by molar-refractivity contribution is 5.92. The fourth-order valence-electron chi connectivity index (χ4n) is 3.15. The molecule has 0 aliphatic carbocycles. The van der Waals surface area contributed by atoms with Gasteiger partial charge in [0.15, 0.2) is 0 Å². The minimum absolute atomic E-state index is 0.0360. The molecule has 2 heterocycles. The Morgan fingerprint density at radius 3 is 3.05 bits per heavy atom. The van der Waals surface area contributed by atoms with Gasteiger partial charge in [0, 0.05) is 31.9 Å². The summed E-state index contributed by atoms with van der Waals surface area (Å²) in [6, 6.07) is 7.97. The van der Waals surface area contributed by atoms with E-state index in [0.717, 1.165) is 56.8 Å². The molecule has 2 N–H and O–H groups in total. The second-order valence-electron chi connectivity index (χ2n) is 6.28. The number of likely N-dealkylation sites (tertiary alicyclic amines) is 1. The number of anilines is 1. The molecule has 1 aromatic rings. The SMILES string of the molecule is O=C(Nc1cccc(CN2CC[C@@H](O)C2)c1)[C@H]1CCCOC1. The molecule has 1 aromatic carbocycles. The van der Waals surface area contributed by atoms with Crippen molar-refractivity contribution in [2.75, 3.05) is 31.6 Å². The molecular weight excluding hydrogens is 280 g/mol. The summed E-state index contributed by atoms with van der Waals surface area (Å²) < 4.78 is 5.37. The van der Waals surface area contributed by atoms with Gasteiger partial charge in [-0.3, -0.25) is 9.69 Å². The van der Waals surface area contributed by atoms with Crippen molar-refractivity contribution in [3.05, 3.63) is 29.8 Å². The van der Waals surface area contributed by atoms with E-state index in [1.54, 1.807) is 0 Å². The molecule has 2 aliphatic rings. The topological polar surface area (TPSA) is 61.8 Å². The van der Waals surface area contributed by atoms with E-state index in [1.165, 1.54) is 0 Å². The third kappa shape index (κ3) is 4.06. The molecule has 1 amide bonds. The average molecular weight is 304 g/mol. The first-order valence-corrected chi connectivity index (χ1v) is 8.08. The lowest BCUT2D eigenvalue weighted by Gasteiger charge is -2.21. The molecule has 22 heavy (non-hydrogen) atoms. The fourth-order valence-corrected chi connectivity index (χ4v) is 3.15. The number of ether oxygens (including phenoxy) is 1. The Morgan fingerprint density at radius 2 is 2.32 bits per heavy atom. The summed E-state index contributed by atoms with van der Waals surface area (Å²) in [6.07, 6.45) is 2.50. The van der Waals surface area contributed by atoms with Crippen LogP contribution < -0.4 is 5.32 Å². The summed E-state index contributed by atoms with van der Waals surface area (Å²) in [5.74, 6) is 0.0135. The number of nitrogens with zero attached hydrogens (tertiary/aromatic N) is 1. The minimum Gasteiger partial charge on any atom is -0.392 e. The third-order valence-corrected chi connectivity index (χ3v) is 4.38. The molecule has 3 rings (SSSR count). The zero-order valence-corrected chi connectivity index (χ0v) is 12.8. The second-order valence-corrected chi connectivity index (χ2v) is 6.28. The Labute approximate surface area is 131 Å². The quantitative estimate of drug-likeness (QED) is 0.887. The molecule has 2 fully saturated rings. The van der Waals surface area contributed by atoms with Crippen LogP contribution >= 0.6 is 0 Å². The minimum atomic E-state index is -0.200. The van der Waals surface area contributed by atoms with Crippen molar-refractivity contribution in [3.8, 4) is 0 Å². The standard InChI is InChI=1S/C17H24N2O3/c20-16-6-7-19(11-16)10-13-3-1-5-15(9-13)18-17(21)14-4-2-8-22-12-14/h1,3,5,9,14,16,20H,2,4,6-8,10-12H2,(H,18,21)/t14-,16+/m0/s1. The van der Waals surface area contributed by atoms with Crippen LogP contribution in [-0.4, -0.2) is 48.3 Å². The van der Waals surface area contributed by atoms with E-state index in [4.69, 9.17) is 4.74 Å². The van der Waals surface area contributed by atoms with Crippen molar-refractivity contribution in [3.63, 3.8) is 0 Å². The Hall–Kier alpha value is -1.43. The Bertz CT molecular complexity index is 514. The number of nitrogens with one attached hydrogen (secondary N) is 1. The Balaban J connectivity index is 1.57. The van der Waals surface area contributed by atoms with Gasteiger partial charge in [-0.25, -0.2) is 0 Å². The number of carbonyl (C=O) groups is 1. The number of carbonyl (C=O) groups excluding carboxylic acids is 1. The van der Waals surface area contributed by atoms with Gasteiger partial charge in [-0.1, -0.05) is 12.1 Å². The van der Waals surface area contributed by atoms with Crippen molar-refractivity contribution >= 4 is 11.6 Å². The lowest BCUT2D eigenvalue weighted by atomic mass is 10.0. The summed E-state index contributed by atoms with van der Waals surface area (Å²) in [4.78, 5) is 14.5. The van der Waals surface area contributed by atoms with E-state index in [1.807, 2.05) is 18.2 Å². The highest BCUT2D eigenvalue weighted by atomic mass is 16.5. The molecule has 5 heteroatoms. The zero-order valence-electron chi connectivity index (χ0n) is 12.8. The maximum atomic E-state index is 12.2. The van der Waals surface area contributed by atoms with Crippen LogP contribution in [0, 0.1) is 5.92 Å². The van der Waals surface area contributed by atoms with E-state index in [-0.39, 0.29) is 17.9 Å². The predicted molar refractivity (Wildman–Crippen MR) is 84.5 cm³/mol. The van der Waals surface area contributed by atoms with Crippen molar-refractivity contribution < 1.29 is 14.6 Å². The first-order valence-electron chi connectivity index (χ1n) is 8.08. The van der Waals surface area contributed by atoms with Crippen LogP contribution in [-0.2, 0) is 16.1 Å². The number of hydrogen-bond acceptors (Lipinski definition) is 4. The first-order chi connectivity index (χ1) is 10.7. The zero-order chi connectivity index (χ0) is 15.4. The van der Waals surface area contributed by atoms with Crippen molar-refractivity contribution in [1.82, 2.24) is 4.90 Å². The predicted octanol–water partition coefficient (Wildman–Crippen LogP) is 1.62. The summed E-state index contributed by atoms with van der Waals surface area (Å²) in [5.41, 5.74) is 2.00. The lowest BCUT2D eigenvalue weighted by Crippen LogP contribution is -2.30. The van der Waals surface area contributed by atoms with Crippen LogP contribution in [0.2, 0.25) is 0 Å². The van der Waals surface area contributed by atoms with Gasteiger partial charge in [0.05, 0.1) is 18.6 Å². The van der Waals surface area contributed by atoms with Gasteiger partial charge < -0.3 is 15.2 Å². The largest absolute Gasteiger partial charge is 0.392 e. The van der Waals surface area contributed by atoms with Crippen LogP contribution in [0.1, 0.15) is 24.8 Å². The van der Waals surface area contributed by atoms with Gasteiger partial charge in [-0.2, -0.15) is 0 Å². The number of aliphatic hydroxyl groups is 1. The highest BCUT2D eigenvalue weighted by Crippen LogP contribution is 2.19. The highest BCUT2D eigenvalue weighted by Gasteiger charge is 2.22. The van der Waals surface area contributed by atoms with Gasteiger partial charge in [0.25, 0.3) is 0 Å². The molecule has 0 radical (unpaired) electrons. The number of β-amino-alcohol motifs (C(OH)–C–C–N with tert-alkyl or cyclic N) is 1. The molecule has 5 nitrogen and oxygen atoms in total. The number of aliphatic hydroxyl groups excluding tert-OH is 1. The maximum Gasteiger partial charge on any atom is 0.229 e. The van der Waals surface area contributed by atoms with Gasteiger partial charge >= 0.3 is 0 Å². The fraction of sp³-hybridized carbons (Fsp3) is 0.588. The first kappa shape index (κ1) is 15.5. The monoisotopic (exact) mass is 304 g/mol. The molecule has 2 aliphatic heterocycles.